The number of aryl methyl sites for hydroxylation is 1. The van der Waals surface area contributed by atoms with Gasteiger partial charge in [0, 0.05) is 19.4 Å². The zero-order valence-electron chi connectivity index (χ0n) is 11.0. The first-order valence-electron chi connectivity index (χ1n) is 6.26. The predicted molar refractivity (Wildman–Crippen MR) is 76.8 cm³/mol. The Morgan fingerprint density at radius 1 is 1.05 bits per heavy atom. The van der Waals surface area contributed by atoms with Crippen molar-refractivity contribution in [2.24, 2.45) is 7.05 Å². The molecule has 20 heavy (non-hydrogen) atoms. The van der Waals surface area contributed by atoms with E-state index in [4.69, 9.17) is 0 Å². The summed E-state index contributed by atoms with van der Waals surface area (Å²) in [7, 11) is 1.67. The van der Waals surface area contributed by atoms with Crippen LogP contribution in [0.2, 0.25) is 0 Å². The van der Waals surface area contributed by atoms with Crippen LogP contribution in [0.4, 0.5) is 0 Å². The van der Waals surface area contributed by atoms with Crippen LogP contribution >= 0.6 is 0 Å². The van der Waals surface area contributed by atoms with Crippen molar-refractivity contribution in [2.75, 3.05) is 0 Å². The lowest BCUT2D eigenvalue weighted by atomic mass is 10.2. The SMILES string of the molecule is Cn1c(=O)n(Cc2ccncc2)c(=O)c2ccccc21. The number of para-hydroxylation sites is 1. The van der Waals surface area contributed by atoms with Crippen LogP contribution in [-0.2, 0) is 13.6 Å². The van der Waals surface area contributed by atoms with E-state index in [9.17, 15) is 9.59 Å². The highest BCUT2D eigenvalue weighted by atomic mass is 16.2. The molecule has 3 aromatic rings. The number of hydrogen-bond donors (Lipinski definition) is 0. The van der Waals surface area contributed by atoms with Crippen molar-refractivity contribution >= 4 is 10.9 Å². The topological polar surface area (TPSA) is 56.9 Å². The van der Waals surface area contributed by atoms with Crippen molar-refractivity contribution in [1.82, 2.24) is 14.1 Å². The predicted octanol–water partition coefficient (Wildman–Crippen LogP) is 1.14. The van der Waals surface area contributed by atoms with Crippen LogP contribution in [0.1, 0.15) is 5.56 Å². The Labute approximate surface area is 114 Å². The van der Waals surface area contributed by atoms with Gasteiger partial charge in [0.25, 0.3) is 5.56 Å². The van der Waals surface area contributed by atoms with Crippen LogP contribution in [0.15, 0.2) is 58.4 Å². The molecule has 0 aliphatic carbocycles. The lowest BCUT2D eigenvalue weighted by molar-refractivity contribution is 0.660. The maximum atomic E-state index is 12.4. The molecule has 0 spiro atoms. The summed E-state index contributed by atoms with van der Waals surface area (Å²) in [6.45, 7) is 0.249. The molecule has 5 heteroatoms. The third-order valence-corrected chi connectivity index (χ3v) is 3.35. The fraction of sp³-hybridized carbons (Fsp3) is 0.133. The summed E-state index contributed by atoms with van der Waals surface area (Å²) in [5.41, 5.74) is 0.939. The monoisotopic (exact) mass is 267 g/mol. The standard InChI is InChI=1S/C15H13N3O2/c1-17-13-5-3-2-4-12(13)14(19)18(15(17)20)10-11-6-8-16-9-7-11/h2-9H,10H2,1H3. The van der Waals surface area contributed by atoms with Crippen LogP contribution < -0.4 is 11.2 Å². The number of pyridine rings is 1. The van der Waals surface area contributed by atoms with E-state index in [1.807, 2.05) is 6.07 Å². The largest absolute Gasteiger partial charge is 0.331 e. The minimum atomic E-state index is -0.314. The Morgan fingerprint density at radius 3 is 2.50 bits per heavy atom. The summed E-state index contributed by atoms with van der Waals surface area (Å²) in [6.07, 6.45) is 3.29. The molecule has 0 bridgehead atoms. The minimum absolute atomic E-state index is 0.249. The van der Waals surface area contributed by atoms with Crippen molar-refractivity contribution in [3.8, 4) is 0 Å². The van der Waals surface area contributed by atoms with Gasteiger partial charge in [-0.25, -0.2) is 4.79 Å². The van der Waals surface area contributed by atoms with Crippen molar-refractivity contribution in [3.05, 3.63) is 75.2 Å². The van der Waals surface area contributed by atoms with E-state index < -0.39 is 0 Å². The van der Waals surface area contributed by atoms with Crippen LogP contribution in [-0.4, -0.2) is 14.1 Å². The van der Waals surface area contributed by atoms with Gasteiger partial charge in [-0.3, -0.25) is 18.9 Å². The Kier molecular flexibility index (Phi) is 2.95. The fourth-order valence-electron chi connectivity index (χ4n) is 2.27. The molecule has 5 nitrogen and oxygen atoms in total. The lowest BCUT2D eigenvalue weighted by Crippen LogP contribution is -2.39. The van der Waals surface area contributed by atoms with Gasteiger partial charge in [0.05, 0.1) is 17.4 Å². The second-order valence-electron chi connectivity index (χ2n) is 4.61. The maximum Gasteiger partial charge on any atom is 0.331 e. The molecule has 2 aromatic heterocycles. The summed E-state index contributed by atoms with van der Waals surface area (Å²) in [6, 6.07) is 10.7. The Balaban J connectivity index is 2.27. The molecule has 0 saturated carbocycles. The van der Waals surface area contributed by atoms with Gasteiger partial charge < -0.3 is 0 Å². The molecule has 0 unspecified atom stereocenters. The lowest BCUT2D eigenvalue weighted by Gasteiger charge is -2.10. The number of benzene rings is 1. The van der Waals surface area contributed by atoms with Gasteiger partial charge in [0.15, 0.2) is 0 Å². The summed E-state index contributed by atoms with van der Waals surface area (Å²) in [5, 5.41) is 0.545. The molecule has 100 valence electrons. The average molecular weight is 267 g/mol. The van der Waals surface area contributed by atoms with E-state index in [-0.39, 0.29) is 17.8 Å². The van der Waals surface area contributed by atoms with E-state index in [2.05, 4.69) is 4.98 Å². The molecule has 1 aromatic carbocycles. The molecule has 0 N–H and O–H groups in total. The molecule has 0 aliphatic heterocycles. The number of fused-ring (bicyclic) bond motifs is 1. The van der Waals surface area contributed by atoms with Gasteiger partial charge in [-0.1, -0.05) is 12.1 Å². The Bertz CT molecular complexity index is 879. The molecule has 3 rings (SSSR count). The molecule has 0 aliphatic rings. The van der Waals surface area contributed by atoms with Crippen molar-refractivity contribution < 1.29 is 0 Å². The van der Waals surface area contributed by atoms with Gasteiger partial charge >= 0.3 is 5.69 Å². The Hall–Kier alpha value is -2.69. The third-order valence-electron chi connectivity index (χ3n) is 3.35. The summed E-state index contributed by atoms with van der Waals surface area (Å²) < 4.78 is 2.75. The normalized spacial score (nSPS) is 10.8. The van der Waals surface area contributed by atoms with E-state index in [0.29, 0.717) is 10.9 Å². The Morgan fingerprint density at radius 2 is 1.75 bits per heavy atom. The second kappa shape index (κ2) is 4.77. The van der Waals surface area contributed by atoms with Gasteiger partial charge in [0.1, 0.15) is 0 Å². The number of hydrogen-bond acceptors (Lipinski definition) is 3. The zero-order chi connectivity index (χ0) is 14.1. The van der Waals surface area contributed by atoms with Crippen LogP contribution in [0.5, 0.6) is 0 Å². The van der Waals surface area contributed by atoms with E-state index in [1.54, 1.807) is 49.8 Å². The zero-order valence-corrected chi connectivity index (χ0v) is 11.0. The molecule has 2 heterocycles. The van der Waals surface area contributed by atoms with Crippen LogP contribution in [0, 0.1) is 0 Å². The maximum absolute atomic E-state index is 12.4. The second-order valence-corrected chi connectivity index (χ2v) is 4.61. The van der Waals surface area contributed by atoms with Gasteiger partial charge in [0.2, 0.25) is 0 Å². The molecule has 0 atom stereocenters. The van der Waals surface area contributed by atoms with E-state index in [1.165, 1.54) is 9.13 Å². The minimum Gasteiger partial charge on any atom is -0.296 e. The molecule has 0 radical (unpaired) electrons. The van der Waals surface area contributed by atoms with Crippen LogP contribution in [0.25, 0.3) is 10.9 Å². The highest BCUT2D eigenvalue weighted by Crippen LogP contribution is 2.06. The van der Waals surface area contributed by atoms with Gasteiger partial charge in [-0.2, -0.15) is 0 Å². The summed E-state index contributed by atoms with van der Waals surface area (Å²) in [4.78, 5) is 28.7. The summed E-state index contributed by atoms with van der Waals surface area (Å²) >= 11 is 0. The third kappa shape index (κ3) is 1.93. The molecular formula is C15H13N3O2. The quantitative estimate of drug-likeness (QED) is 0.699. The first kappa shape index (κ1) is 12.3. The molecular weight excluding hydrogens is 254 g/mol. The summed E-state index contributed by atoms with van der Waals surface area (Å²) in [5.74, 6) is 0. The number of nitrogens with zero attached hydrogens (tertiary/aromatic N) is 3. The van der Waals surface area contributed by atoms with Gasteiger partial charge in [-0.05, 0) is 29.8 Å². The highest BCUT2D eigenvalue weighted by Gasteiger charge is 2.10. The molecule has 0 amide bonds. The first-order valence-corrected chi connectivity index (χ1v) is 6.26. The van der Waals surface area contributed by atoms with Gasteiger partial charge in [-0.15, -0.1) is 0 Å². The fourth-order valence-corrected chi connectivity index (χ4v) is 2.27. The average Bonchev–Trinajstić information content (AvgIpc) is 2.50. The molecule has 0 saturated heterocycles. The van der Waals surface area contributed by atoms with E-state index >= 15 is 0 Å². The highest BCUT2D eigenvalue weighted by molar-refractivity contribution is 5.77. The van der Waals surface area contributed by atoms with Crippen molar-refractivity contribution in [2.45, 2.75) is 6.54 Å². The van der Waals surface area contributed by atoms with E-state index in [0.717, 1.165) is 5.56 Å². The first-order chi connectivity index (χ1) is 9.68. The number of aromatic nitrogens is 3. The van der Waals surface area contributed by atoms with Crippen LogP contribution in [0.3, 0.4) is 0 Å². The smallest absolute Gasteiger partial charge is 0.296 e. The van der Waals surface area contributed by atoms with Crippen molar-refractivity contribution in [1.29, 1.82) is 0 Å². The van der Waals surface area contributed by atoms with Crippen molar-refractivity contribution in [3.63, 3.8) is 0 Å². The molecule has 0 fully saturated rings. The number of rotatable bonds is 2.